The molecule has 10 rings (SSSR count). The molecule has 3 nitrogen and oxygen atoms in total. The van der Waals surface area contributed by atoms with E-state index >= 15 is 0 Å². The molecule has 1 aliphatic heterocycles. The van der Waals surface area contributed by atoms with Gasteiger partial charge in [-0.05, 0) is 64.9 Å². The Morgan fingerprint density at radius 2 is 1.40 bits per heavy atom. The molecule has 2 aromatic heterocycles. The van der Waals surface area contributed by atoms with Crippen molar-refractivity contribution in [1.29, 1.82) is 0 Å². The van der Waals surface area contributed by atoms with Gasteiger partial charge in [0.25, 0.3) is 0 Å². The lowest BCUT2D eigenvalue weighted by Crippen LogP contribution is -2.20. The van der Waals surface area contributed by atoms with Gasteiger partial charge in [-0.2, -0.15) is 0 Å². The van der Waals surface area contributed by atoms with Crippen LogP contribution in [0.5, 0.6) is 0 Å². The van der Waals surface area contributed by atoms with Gasteiger partial charge in [0.05, 0.1) is 28.8 Å². The van der Waals surface area contributed by atoms with Crippen LogP contribution >= 0.6 is 11.8 Å². The quantitative estimate of drug-likeness (QED) is 0.159. The van der Waals surface area contributed by atoms with Crippen molar-refractivity contribution >= 4 is 83.7 Å². The first-order valence-electron chi connectivity index (χ1n) is 18.2. The minimum Gasteiger partial charge on any atom is -0.308 e. The molecule has 1 aliphatic rings. The van der Waals surface area contributed by atoms with E-state index in [2.05, 4.69) is 164 Å². The van der Waals surface area contributed by atoms with Crippen LogP contribution in [0.15, 0.2) is 160 Å². The van der Waals surface area contributed by atoms with Crippen molar-refractivity contribution in [3.05, 3.63) is 179 Å². The van der Waals surface area contributed by atoms with Crippen molar-refractivity contribution < 1.29 is 0 Å². The van der Waals surface area contributed by atoms with Crippen LogP contribution in [0, 0.1) is 6.92 Å². The molecule has 53 heavy (non-hydrogen) atoms. The molecule has 3 heterocycles. The fourth-order valence-electron chi connectivity index (χ4n) is 8.82. The lowest BCUT2D eigenvalue weighted by atomic mass is 9.75. The number of aryl methyl sites for hydroxylation is 1. The summed E-state index contributed by atoms with van der Waals surface area (Å²) in [7, 11) is 0. The van der Waals surface area contributed by atoms with E-state index in [9.17, 15) is 0 Å². The highest BCUT2D eigenvalue weighted by Crippen LogP contribution is 2.46. The minimum atomic E-state index is -0.211. The molecule has 0 radical (unpaired) electrons. The Balaban J connectivity index is 1.03. The number of benzene rings is 7. The summed E-state index contributed by atoms with van der Waals surface area (Å²) in [5, 5.41) is 8.92. The summed E-state index contributed by atoms with van der Waals surface area (Å²) in [5.41, 5.74) is 12.9. The second-order valence-electron chi connectivity index (χ2n) is 14.6. The van der Waals surface area contributed by atoms with E-state index in [1.807, 2.05) is 18.2 Å². The van der Waals surface area contributed by atoms with E-state index in [1.54, 1.807) is 11.8 Å². The molecule has 4 heteroatoms. The van der Waals surface area contributed by atoms with Crippen LogP contribution in [-0.4, -0.2) is 16.2 Å². The molecule has 0 spiro atoms. The lowest BCUT2D eigenvalue weighted by molar-refractivity contribution is 0.637. The van der Waals surface area contributed by atoms with Crippen LogP contribution in [0.25, 0.3) is 60.1 Å². The lowest BCUT2D eigenvalue weighted by Gasteiger charge is -2.29. The van der Waals surface area contributed by atoms with E-state index in [1.165, 1.54) is 76.0 Å². The molecule has 0 saturated carbocycles. The van der Waals surface area contributed by atoms with Crippen molar-refractivity contribution in [2.24, 2.45) is 9.98 Å². The van der Waals surface area contributed by atoms with Crippen LogP contribution in [-0.2, 0) is 12.0 Å². The van der Waals surface area contributed by atoms with Gasteiger partial charge in [0.15, 0.2) is 0 Å². The number of aliphatic imine (C=N–C) groups is 2. The smallest absolute Gasteiger partial charge is 0.106 e. The number of thioether (sulfide) groups is 1. The summed E-state index contributed by atoms with van der Waals surface area (Å²) < 4.78 is 2.48. The minimum absolute atomic E-state index is 0.211. The second kappa shape index (κ2) is 12.0. The molecule has 0 N–H and O–H groups in total. The molecule has 0 fully saturated rings. The van der Waals surface area contributed by atoms with Crippen LogP contribution in [0.4, 0.5) is 0 Å². The summed E-state index contributed by atoms with van der Waals surface area (Å²) in [5.74, 6) is 0. The predicted octanol–water partition coefficient (Wildman–Crippen LogP) is 12.9. The van der Waals surface area contributed by atoms with Crippen molar-refractivity contribution in [3.63, 3.8) is 0 Å². The van der Waals surface area contributed by atoms with Crippen LogP contribution in [0.2, 0.25) is 0 Å². The number of para-hydroxylation sites is 2. The molecule has 0 bridgehead atoms. The standard InChI is InChI=1S/C49H37N3S/c1-30-39(27-23-32-24-28-41-44(43(30)32)38-18-12-17-36-35-15-8-10-19-40(35)52(41)47(36)38)49(2,3)34-25-21-31(22-26-34)29-51-48-45(37-16-9-11-20-42(37)53-48)46(50-4)33-13-6-5-7-14-33/h5-28H,4,29H2,1-3H3/b46-45-,51-48?. The second-order valence-corrected chi connectivity index (χ2v) is 15.7. The topological polar surface area (TPSA) is 29.1 Å². The Morgan fingerprint density at radius 3 is 2.23 bits per heavy atom. The average Bonchev–Trinajstić information content (AvgIpc) is 3.85. The summed E-state index contributed by atoms with van der Waals surface area (Å²) in [4.78, 5) is 10.9. The van der Waals surface area contributed by atoms with Crippen molar-refractivity contribution in [2.45, 2.75) is 37.6 Å². The predicted molar refractivity (Wildman–Crippen MR) is 228 cm³/mol. The molecular weight excluding hydrogens is 663 g/mol. The molecule has 0 atom stereocenters. The average molecular weight is 700 g/mol. The van der Waals surface area contributed by atoms with Gasteiger partial charge in [0.2, 0.25) is 0 Å². The molecule has 9 aromatic rings. The molecule has 0 unspecified atom stereocenters. The molecule has 7 aromatic carbocycles. The van der Waals surface area contributed by atoms with Crippen molar-refractivity contribution in [1.82, 2.24) is 4.40 Å². The summed E-state index contributed by atoms with van der Waals surface area (Å²) in [6, 6.07) is 52.7. The van der Waals surface area contributed by atoms with Crippen LogP contribution in [0.1, 0.15) is 47.2 Å². The van der Waals surface area contributed by atoms with E-state index in [0.717, 1.165) is 27.4 Å². The fraction of sp³-hybridized carbons (Fsp3) is 0.102. The normalized spacial score (nSPS) is 15.0. The van der Waals surface area contributed by atoms with Crippen LogP contribution < -0.4 is 0 Å². The van der Waals surface area contributed by atoms with Gasteiger partial charge in [-0.25, -0.2) is 0 Å². The maximum atomic E-state index is 5.20. The SMILES string of the molecule is C=N/C(=C1\C(=NCc2ccc(C(C)(C)c3ccc4ccc5c(c6cccc7c8ccccc8n5c76)c4c3C)cc2)Sc2ccccc21)c1ccccc1. The van der Waals surface area contributed by atoms with E-state index < -0.39 is 0 Å². The third kappa shape index (κ3) is 4.75. The monoisotopic (exact) mass is 699 g/mol. The van der Waals surface area contributed by atoms with Gasteiger partial charge in [-0.3, -0.25) is 9.98 Å². The Morgan fingerprint density at radius 1 is 0.679 bits per heavy atom. The summed E-state index contributed by atoms with van der Waals surface area (Å²) in [6.45, 7) is 11.6. The largest absolute Gasteiger partial charge is 0.308 e. The van der Waals surface area contributed by atoms with E-state index in [0.29, 0.717) is 6.54 Å². The van der Waals surface area contributed by atoms with Crippen molar-refractivity contribution in [2.75, 3.05) is 0 Å². The number of aromatic nitrogens is 1. The van der Waals surface area contributed by atoms with Gasteiger partial charge in [-0.15, -0.1) is 0 Å². The zero-order valence-corrected chi connectivity index (χ0v) is 30.8. The van der Waals surface area contributed by atoms with E-state index in [4.69, 9.17) is 4.99 Å². The van der Waals surface area contributed by atoms with Gasteiger partial charge < -0.3 is 4.40 Å². The zero-order chi connectivity index (χ0) is 35.8. The molecule has 0 saturated heterocycles. The Kier molecular flexibility index (Phi) is 7.21. The molecule has 0 amide bonds. The van der Waals surface area contributed by atoms with Gasteiger partial charge in [-0.1, -0.05) is 153 Å². The third-order valence-corrected chi connectivity index (χ3v) is 12.5. The fourth-order valence-corrected chi connectivity index (χ4v) is 9.89. The highest BCUT2D eigenvalue weighted by molar-refractivity contribution is 8.15. The van der Waals surface area contributed by atoms with Crippen LogP contribution in [0.3, 0.4) is 0 Å². The van der Waals surface area contributed by atoms with E-state index in [-0.39, 0.29) is 5.41 Å². The maximum Gasteiger partial charge on any atom is 0.106 e. The maximum absolute atomic E-state index is 5.20. The molecular formula is C49H37N3S. The number of hydrogen-bond acceptors (Lipinski definition) is 3. The van der Waals surface area contributed by atoms with Crippen molar-refractivity contribution in [3.8, 4) is 0 Å². The first kappa shape index (κ1) is 31.7. The number of fused-ring (bicyclic) bond motifs is 9. The number of hydrogen-bond donors (Lipinski definition) is 0. The number of rotatable bonds is 6. The Labute approximate surface area is 313 Å². The summed E-state index contributed by atoms with van der Waals surface area (Å²) >= 11 is 1.72. The number of nitrogens with zero attached hydrogens (tertiary/aromatic N) is 3. The Hall–Kier alpha value is -5.97. The zero-order valence-electron chi connectivity index (χ0n) is 30.0. The first-order valence-corrected chi connectivity index (χ1v) is 19.0. The first-order chi connectivity index (χ1) is 25.9. The highest BCUT2D eigenvalue weighted by atomic mass is 32.2. The van der Waals surface area contributed by atoms with Gasteiger partial charge in [0.1, 0.15) is 5.04 Å². The Bertz CT molecular complexity index is 2980. The summed E-state index contributed by atoms with van der Waals surface area (Å²) in [6.07, 6.45) is 0. The molecule has 254 valence electrons. The van der Waals surface area contributed by atoms with Gasteiger partial charge in [0, 0.05) is 48.6 Å². The van der Waals surface area contributed by atoms with Gasteiger partial charge >= 0.3 is 0 Å². The highest BCUT2D eigenvalue weighted by Gasteiger charge is 2.29. The molecule has 0 aliphatic carbocycles. The third-order valence-electron chi connectivity index (χ3n) is 11.4.